The first-order valence-corrected chi connectivity index (χ1v) is 9.82. The number of halogens is 1. The molecule has 3 saturated heterocycles. The van der Waals surface area contributed by atoms with Crippen LogP contribution in [0.1, 0.15) is 25.7 Å². The Morgan fingerprint density at radius 3 is 2.78 bits per heavy atom. The molecular formula is C16H31IN4OS. The van der Waals surface area contributed by atoms with Gasteiger partial charge >= 0.3 is 0 Å². The lowest BCUT2D eigenvalue weighted by atomic mass is 10.0. The number of hydrogen-bond donors (Lipinski definition) is 2. The summed E-state index contributed by atoms with van der Waals surface area (Å²) in [6.45, 7) is 6.63. The van der Waals surface area contributed by atoms with Crippen LogP contribution in [-0.4, -0.2) is 84.3 Å². The average Bonchev–Trinajstić information content (AvgIpc) is 3.24. The van der Waals surface area contributed by atoms with Crippen molar-refractivity contribution in [3.05, 3.63) is 0 Å². The van der Waals surface area contributed by atoms with Gasteiger partial charge in [-0.05, 0) is 50.4 Å². The van der Waals surface area contributed by atoms with Crippen molar-refractivity contribution in [3.8, 4) is 0 Å². The van der Waals surface area contributed by atoms with Crippen molar-refractivity contribution in [2.24, 2.45) is 10.9 Å². The second-order valence-electron chi connectivity index (χ2n) is 7.04. The van der Waals surface area contributed by atoms with Gasteiger partial charge in [0.25, 0.3) is 0 Å². The maximum atomic E-state index is 10.5. The van der Waals surface area contributed by atoms with E-state index in [1.807, 2.05) is 18.8 Å². The molecule has 23 heavy (non-hydrogen) atoms. The molecule has 134 valence electrons. The third-order valence-electron chi connectivity index (χ3n) is 5.17. The first kappa shape index (κ1) is 19.6. The van der Waals surface area contributed by atoms with Gasteiger partial charge < -0.3 is 20.2 Å². The van der Waals surface area contributed by atoms with Crippen LogP contribution in [0.25, 0.3) is 0 Å². The third kappa shape index (κ3) is 5.37. The highest BCUT2D eigenvalue weighted by molar-refractivity contribution is 14.0. The Labute approximate surface area is 161 Å². The van der Waals surface area contributed by atoms with Gasteiger partial charge in [0.15, 0.2) is 5.96 Å². The van der Waals surface area contributed by atoms with E-state index in [1.165, 1.54) is 38.9 Å². The first-order valence-electron chi connectivity index (χ1n) is 8.67. The fourth-order valence-electron chi connectivity index (χ4n) is 3.82. The van der Waals surface area contributed by atoms with Gasteiger partial charge in [-0.25, -0.2) is 0 Å². The number of thioether (sulfide) groups is 1. The van der Waals surface area contributed by atoms with Crippen molar-refractivity contribution in [3.63, 3.8) is 0 Å². The normalized spacial score (nSPS) is 32.3. The summed E-state index contributed by atoms with van der Waals surface area (Å²) in [6, 6.07) is 0. The van der Waals surface area contributed by atoms with Gasteiger partial charge in [0.1, 0.15) is 0 Å². The molecule has 0 aliphatic carbocycles. The molecule has 0 bridgehead atoms. The van der Waals surface area contributed by atoms with E-state index in [0.29, 0.717) is 6.54 Å². The van der Waals surface area contributed by atoms with Gasteiger partial charge in [-0.15, -0.1) is 24.0 Å². The number of hydrogen-bond acceptors (Lipinski definition) is 4. The maximum Gasteiger partial charge on any atom is 0.193 e. The molecule has 0 aromatic carbocycles. The molecule has 3 fully saturated rings. The summed E-state index contributed by atoms with van der Waals surface area (Å²) < 4.78 is 0. The number of likely N-dealkylation sites (tertiary alicyclic amines) is 2. The second-order valence-corrected chi connectivity index (χ2v) is 8.14. The van der Waals surface area contributed by atoms with Crippen molar-refractivity contribution < 1.29 is 5.11 Å². The lowest BCUT2D eigenvalue weighted by Gasteiger charge is -2.27. The minimum absolute atomic E-state index is 0. The lowest BCUT2D eigenvalue weighted by molar-refractivity contribution is 0.0718. The highest BCUT2D eigenvalue weighted by Crippen LogP contribution is 2.27. The summed E-state index contributed by atoms with van der Waals surface area (Å²) in [7, 11) is 1.85. The summed E-state index contributed by atoms with van der Waals surface area (Å²) in [5.41, 5.74) is -0.546. The number of nitrogens with one attached hydrogen (secondary N) is 1. The lowest BCUT2D eigenvalue weighted by Crippen LogP contribution is -2.48. The fourth-order valence-corrected chi connectivity index (χ4v) is 5.11. The minimum Gasteiger partial charge on any atom is -0.387 e. The van der Waals surface area contributed by atoms with Crippen LogP contribution < -0.4 is 5.32 Å². The molecule has 3 aliphatic heterocycles. The Kier molecular flexibility index (Phi) is 7.75. The fraction of sp³-hybridized carbons (Fsp3) is 0.938. The Morgan fingerprint density at radius 1 is 1.35 bits per heavy atom. The van der Waals surface area contributed by atoms with Gasteiger partial charge in [-0.2, -0.15) is 11.8 Å². The maximum absolute atomic E-state index is 10.5. The van der Waals surface area contributed by atoms with E-state index in [9.17, 15) is 5.11 Å². The number of rotatable bonds is 4. The largest absolute Gasteiger partial charge is 0.387 e. The standard InChI is InChI=1S/C16H30N4OS.HI/c1-17-15(18-12-16(21)5-9-22-13-16)20-8-4-14(11-20)10-19-6-2-3-7-19;/h14,21H,2-13H2,1H3,(H,17,18);1H. The van der Waals surface area contributed by atoms with Crippen molar-refractivity contribution in [1.29, 1.82) is 0 Å². The van der Waals surface area contributed by atoms with Crippen molar-refractivity contribution in [2.45, 2.75) is 31.3 Å². The molecule has 0 radical (unpaired) electrons. The van der Waals surface area contributed by atoms with Gasteiger partial charge in [-0.1, -0.05) is 0 Å². The molecule has 3 rings (SSSR count). The topological polar surface area (TPSA) is 51.1 Å². The van der Waals surface area contributed by atoms with Crippen molar-refractivity contribution >= 4 is 41.7 Å². The quantitative estimate of drug-likeness (QED) is 0.383. The molecule has 0 saturated carbocycles. The van der Waals surface area contributed by atoms with Crippen LogP contribution >= 0.6 is 35.7 Å². The van der Waals surface area contributed by atoms with Crippen LogP contribution in [0.3, 0.4) is 0 Å². The molecular weight excluding hydrogens is 423 g/mol. The van der Waals surface area contributed by atoms with E-state index in [0.717, 1.165) is 42.9 Å². The van der Waals surface area contributed by atoms with Crippen LogP contribution in [0.15, 0.2) is 4.99 Å². The molecule has 0 amide bonds. The molecule has 5 nitrogen and oxygen atoms in total. The predicted molar refractivity (Wildman–Crippen MR) is 109 cm³/mol. The van der Waals surface area contributed by atoms with Crippen molar-refractivity contribution in [1.82, 2.24) is 15.1 Å². The minimum atomic E-state index is -0.546. The highest BCUT2D eigenvalue weighted by Gasteiger charge is 2.33. The molecule has 2 atom stereocenters. The third-order valence-corrected chi connectivity index (χ3v) is 6.40. The molecule has 0 aromatic rings. The van der Waals surface area contributed by atoms with E-state index in [4.69, 9.17) is 0 Å². The van der Waals surface area contributed by atoms with Gasteiger partial charge in [0.05, 0.1) is 5.60 Å². The molecule has 2 N–H and O–H groups in total. The van der Waals surface area contributed by atoms with E-state index in [2.05, 4.69) is 20.1 Å². The van der Waals surface area contributed by atoms with Gasteiger partial charge in [0, 0.05) is 39.0 Å². The Bertz CT molecular complexity index is 398. The molecule has 7 heteroatoms. The predicted octanol–water partition coefficient (Wildman–Crippen LogP) is 1.47. The van der Waals surface area contributed by atoms with Gasteiger partial charge in [-0.3, -0.25) is 4.99 Å². The van der Waals surface area contributed by atoms with Crippen LogP contribution in [0.4, 0.5) is 0 Å². The average molecular weight is 454 g/mol. The SMILES string of the molecule is CN=C(NCC1(O)CCSC1)N1CCC(CN2CCCC2)C1.I. The number of nitrogens with zero attached hydrogens (tertiary/aromatic N) is 3. The summed E-state index contributed by atoms with van der Waals surface area (Å²) in [6.07, 6.45) is 4.89. The molecule has 3 aliphatic rings. The molecule has 0 aromatic heterocycles. The highest BCUT2D eigenvalue weighted by atomic mass is 127. The smallest absolute Gasteiger partial charge is 0.193 e. The number of aliphatic hydroxyl groups is 1. The molecule has 2 unspecified atom stereocenters. The zero-order valence-corrected chi connectivity index (χ0v) is 17.3. The number of aliphatic imine (C=N–C) groups is 1. The van der Waals surface area contributed by atoms with Crippen molar-refractivity contribution in [2.75, 3.05) is 57.8 Å². The summed E-state index contributed by atoms with van der Waals surface area (Å²) in [5, 5.41) is 13.9. The zero-order chi connectivity index (χ0) is 15.4. The van der Waals surface area contributed by atoms with E-state index < -0.39 is 5.60 Å². The van der Waals surface area contributed by atoms with E-state index >= 15 is 0 Å². The Balaban J connectivity index is 0.00000192. The first-order chi connectivity index (χ1) is 10.7. The Hall–Kier alpha value is 0.270. The monoisotopic (exact) mass is 454 g/mol. The zero-order valence-electron chi connectivity index (χ0n) is 14.2. The second kappa shape index (κ2) is 9.10. The van der Waals surface area contributed by atoms with Crippen LogP contribution in [-0.2, 0) is 0 Å². The molecule has 0 spiro atoms. The summed E-state index contributed by atoms with van der Waals surface area (Å²) >= 11 is 1.84. The van der Waals surface area contributed by atoms with Crippen LogP contribution in [0, 0.1) is 5.92 Å². The van der Waals surface area contributed by atoms with Gasteiger partial charge in [0.2, 0.25) is 0 Å². The number of guanidine groups is 1. The summed E-state index contributed by atoms with van der Waals surface area (Å²) in [4.78, 5) is 9.41. The van der Waals surface area contributed by atoms with Crippen LogP contribution in [0.2, 0.25) is 0 Å². The van der Waals surface area contributed by atoms with Crippen LogP contribution in [0.5, 0.6) is 0 Å². The van der Waals surface area contributed by atoms with E-state index in [-0.39, 0.29) is 24.0 Å². The molecule has 3 heterocycles. The Morgan fingerprint density at radius 2 is 2.13 bits per heavy atom. The summed E-state index contributed by atoms with van der Waals surface area (Å²) in [5.74, 6) is 3.64. The van der Waals surface area contributed by atoms with E-state index in [1.54, 1.807) is 0 Å².